The number of halogens is 3. The summed E-state index contributed by atoms with van der Waals surface area (Å²) in [6.45, 7) is 1.89. The van der Waals surface area contributed by atoms with E-state index in [1.165, 1.54) is 6.21 Å². The molecule has 1 heterocycles. The molecule has 0 aliphatic rings. The van der Waals surface area contributed by atoms with Gasteiger partial charge in [-0.3, -0.25) is 10.2 Å². The van der Waals surface area contributed by atoms with Crippen molar-refractivity contribution in [3.05, 3.63) is 99.1 Å². The van der Waals surface area contributed by atoms with Crippen LogP contribution in [0.5, 0.6) is 0 Å². The Kier molecular flexibility index (Phi) is 6.99. The summed E-state index contributed by atoms with van der Waals surface area (Å²) in [6.07, 6.45) is 0.660. The Balaban J connectivity index is 1.66. The Morgan fingerprint density at radius 1 is 1.00 bits per heavy atom. The molecule has 0 unspecified atom stereocenters. The van der Waals surface area contributed by atoms with Crippen LogP contribution in [0.3, 0.4) is 0 Å². The Bertz CT molecular complexity index is 1320. The second kappa shape index (κ2) is 10.1. The monoisotopic (exact) mass is 498 g/mol. The van der Waals surface area contributed by atoms with Gasteiger partial charge in [0, 0.05) is 26.9 Å². The topological polar surface area (TPSA) is 68.5 Å². The van der Waals surface area contributed by atoms with E-state index in [1.807, 2.05) is 25.1 Å². The molecule has 4 rings (SSSR count). The fraction of sp³-hybridized carbons (Fsp3) is 0.0417. The normalized spacial score (nSPS) is 11.0. The number of hydrogen-bond donors (Lipinski definition) is 1. The van der Waals surface area contributed by atoms with Crippen LogP contribution in [0, 0.1) is 6.92 Å². The molecule has 166 valence electrons. The van der Waals surface area contributed by atoms with E-state index in [4.69, 9.17) is 39.6 Å². The molecule has 0 atom stereocenters. The molecule has 0 radical (unpaired) electrons. The minimum Gasteiger partial charge on any atom is -0.298 e. The smallest absolute Gasteiger partial charge is 0.298 e. The summed E-state index contributed by atoms with van der Waals surface area (Å²) in [4.78, 5) is 16.9. The largest absolute Gasteiger partial charge is 0.437 e. The van der Waals surface area contributed by atoms with E-state index in [1.54, 1.807) is 59.3 Å². The van der Waals surface area contributed by atoms with Crippen molar-refractivity contribution in [3.63, 3.8) is 0 Å². The van der Waals surface area contributed by atoms with E-state index in [2.05, 4.69) is 15.6 Å². The highest BCUT2D eigenvalue weighted by molar-refractivity contribution is 6.35. The van der Waals surface area contributed by atoms with Gasteiger partial charge in [0.05, 0.1) is 22.6 Å². The highest BCUT2D eigenvalue weighted by atomic mass is 35.5. The predicted octanol–water partition coefficient (Wildman–Crippen LogP) is 7.39. The molecular weight excluding hydrogens is 483 g/mol. The van der Waals surface area contributed by atoms with E-state index < -0.39 is 6.09 Å². The fourth-order valence-electron chi connectivity index (χ4n) is 3.20. The summed E-state index contributed by atoms with van der Waals surface area (Å²) in [5.74, 6) is 0. The van der Waals surface area contributed by atoms with Gasteiger partial charge in [-0.2, -0.15) is 5.10 Å². The standard InChI is InChI=1S/C24H17Cl3N4O2/c1-15-21(14-28-33-24(32)29-19-5-3-2-4-6-19)30-31(22-12-11-18(26)13-20(22)27)23(15)16-7-9-17(25)10-8-16/h2-14H,1H3,(H,29,32)/b28-14+. The Morgan fingerprint density at radius 2 is 1.70 bits per heavy atom. The quantitative estimate of drug-likeness (QED) is 0.177. The zero-order valence-corrected chi connectivity index (χ0v) is 19.6. The second-order valence-electron chi connectivity index (χ2n) is 6.98. The first kappa shape index (κ1) is 22.9. The van der Waals surface area contributed by atoms with Crippen LogP contribution in [-0.4, -0.2) is 22.1 Å². The van der Waals surface area contributed by atoms with Crippen molar-refractivity contribution in [3.8, 4) is 16.9 Å². The maximum atomic E-state index is 12.0. The maximum absolute atomic E-state index is 12.0. The summed E-state index contributed by atoms with van der Waals surface area (Å²) in [7, 11) is 0. The summed E-state index contributed by atoms with van der Waals surface area (Å²) in [5, 5.41) is 12.6. The number of benzene rings is 3. The third kappa shape index (κ3) is 5.37. The van der Waals surface area contributed by atoms with Gasteiger partial charge >= 0.3 is 6.09 Å². The van der Waals surface area contributed by atoms with Gasteiger partial charge in [-0.05, 0) is 49.4 Å². The van der Waals surface area contributed by atoms with Gasteiger partial charge in [0.15, 0.2) is 0 Å². The minimum absolute atomic E-state index is 0.433. The molecule has 33 heavy (non-hydrogen) atoms. The second-order valence-corrected chi connectivity index (χ2v) is 8.26. The number of rotatable bonds is 5. The molecule has 3 aromatic carbocycles. The lowest BCUT2D eigenvalue weighted by Gasteiger charge is -2.11. The highest BCUT2D eigenvalue weighted by Crippen LogP contribution is 2.32. The van der Waals surface area contributed by atoms with Gasteiger partial charge in [-0.25, -0.2) is 9.48 Å². The highest BCUT2D eigenvalue weighted by Gasteiger charge is 2.18. The van der Waals surface area contributed by atoms with E-state index >= 15 is 0 Å². The van der Waals surface area contributed by atoms with Crippen LogP contribution in [0.25, 0.3) is 16.9 Å². The number of aromatic nitrogens is 2. The first-order valence-electron chi connectivity index (χ1n) is 9.80. The van der Waals surface area contributed by atoms with Gasteiger partial charge in [-0.15, -0.1) is 0 Å². The third-order valence-corrected chi connectivity index (χ3v) is 5.54. The van der Waals surface area contributed by atoms with Crippen LogP contribution in [0.4, 0.5) is 10.5 Å². The van der Waals surface area contributed by atoms with E-state index in [0.717, 1.165) is 16.8 Å². The van der Waals surface area contributed by atoms with Gasteiger partial charge in [0.2, 0.25) is 0 Å². The van der Waals surface area contributed by atoms with Crippen molar-refractivity contribution in [2.24, 2.45) is 5.16 Å². The summed E-state index contributed by atoms with van der Waals surface area (Å²) < 4.78 is 1.70. The van der Waals surface area contributed by atoms with Gasteiger partial charge in [0.25, 0.3) is 0 Å². The van der Waals surface area contributed by atoms with Crippen molar-refractivity contribution in [1.29, 1.82) is 0 Å². The molecule has 0 saturated carbocycles. The van der Waals surface area contributed by atoms with Crippen molar-refractivity contribution < 1.29 is 9.63 Å². The van der Waals surface area contributed by atoms with E-state index in [9.17, 15) is 4.79 Å². The average molecular weight is 500 g/mol. The van der Waals surface area contributed by atoms with Crippen LogP contribution < -0.4 is 5.32 Å². The van der Waals surface area contributed by atoms with Crippen LogP contribution >= 0.6 is 34.8 Å². The molecule has 9 heteroatoms. The zero-order chi connectivity index (χ0) is 23.4. The molecule has 4 aromatic rings. The number of amides is 1. The molecule has 0 spiro atoms. The van der Waals surface area contributed by atoms with Crippen LogP contribution in [0.1, 0.15) is 11.3 Å². The van der Waals surface area contributed by atoms with Crippen LogP contribution in [-0.2, 0) is 4.84 Å². The molecule has 6 nitrogen and oxygen atoms in total. The van der Waals surface area contributed by atoms with Crippen molar-refractivity contribution >= 4 is 52.8 Å². The summed E-state index contributed by atoms with van der Waals surface area (Å²) in [6, 6.07) is 21.4. The number of para-hydroxylation sites is 1. The predicted molar refractivity (Wildman–Crippen MR) is 133 cm³/mol. The molecule has 0 fully saturated rings. The molecule has 0 bridgehead atoms. The average Bonchev–Trinajstić information content (AvgIpc) is 3.11. The Morgan fingerprint density at radius 3 is 2.39 bits per heavy atom. The summed E-state index contributed by atoms with van der Waals surface area (Å²) >= 11 is 18.6. The molecule has 0 aliphatic heterocycles. The number of nitrogens with zero attached hydrogens (tertiary/aromatic N) is 3. The van der Waals surface area contributed by atoms with Gasteiger partial charge in [0.1, 0.15) is 5.69 Å². The number of oxime groups is 1. The number of hydrogen-bond acceptors (Lipinski definition) is 4. The third-order valence-electron chi connectivity index (χ3n) is 4.75. The van der Waals surface area contributed by atoms with E-state index in [-0.39, 0.29) is 0 Å². The maximum Gasteiger partial charge on any atom is 0.437 e. The van der Waals surface area contributed by atoms with Crippen LogP contribution in [0.2, 0.25) is 15.1 Å². The minimum atomic E-state index is -0.715. The van der Waals surface area contributed by atoms with Gasteiger partial charge < -0.3 is 0 Å². The molecule has 1 N–H and O–H groups in total. The lowest BCUT2D eigenvalue weighted by molar-refractivity contribution is 0.167. The lowest BCUT2D eigenvalue weighted by atomic mass is 10.1. The van der Waals surface area contributed by atoms with Crippen LogP contribution in [0.15, 0.2) is 78.0 Å². The lowest BCUT2D eigenvalue weighted by Crippen LogP contribution is -2.10. The summed E-state index contributed by atoms with van der Waals surface area (Å²) in [5.41, 5.74) is 4.19. The molecular formula is C24H17Cl3N4O2. The zero-order valence-electron chi connectivity index (χ0n) is 17.3. The number of carbonyl (C=O) groups excluding carboxylic acids is 1. The SMILES string of the molecule is Cc1c(/C=N/OC(=O)Nc2ccccc2)nn(-c2ccc(Cl)cc2Cl)c1-c1ccc(Cl)cc1. The molecule has 1 amide bonds. The van der Waals surface area contributed by atoms with Crippen molar-refractivity contribution in [2.75, 3.05) is 5.32 Å². The number of carbonyl (C=O) groups is 1. The molecule has 0 saturated heterocycles. The Hall–Kier alpha value is -3.32. The van der Waals surface area contributed by atoms with Crippen molar-refractivity contribution in [1.82, 2.24) is 9.78 Å². The molecule has 1 aromatic heterocycles. The Labute approximate surface area is 205 Å². The van der Waals surface area contributed by atoms with E-state index in [0.29, 0.717) is 32.1 Å². The number of nitrogens with one attached hydrogen (secondary N) is 1. The van der Waals surface area contributed by atoms with Crippen molar-refractivity contribution in [2.45, 2.75) is 6.92 Å². The van der Waals surface area contributed by atoms with Gasteiger partial charge in [-0.1, -0.05) is 70.3 Å². The number of anilines is 1. The fourth-order valence-corrected chi connectivity index (χ4v) is 3.81. The first-order valence-corrected chi connectivity index (χ1v) is 10.9. The first-order chi connectivity index (χ1) is 15.9. The molecule has 0 aliphatic carbocycles.